The fourth-order valence-electron chi connectivity index (χ4n) is 13.2. The minimum absolute atomic E-state index is 0.0115. The number of thiocarbonyl (C=S) groups is 1. The van der Waals surface area contributed by atoms with Crippen LogP contribution in [0.4, 0.5) is 5.69 Å². The predicted molar refractivity (Wildman–Crippen MR) is 494 cm³/mol. The zero-order valence-corrected chi connectivity index (χ0v) is 79.9. The number of aliphatic carboxylic acids is 1. The maximum absolute atomic E-state index is 14.7. The number of ketones is 1. The number of likely N-dealkylation sites (N-methyl/N-ethyl adjacent to an activating group) is 1. The summed E-state index contributed by atoms with van der Waals surface area (Å²) in [7, 11) is -13.8. The molecule has 0 aliphatic carbocycles. The number of nitrogens with one attached hydrogen (secondary N) is 15. The second kappa shape index (κ2) is 59.2. The van der Waals surface area contributed by atoms with Gasteiger partial charge in [-0.15, -0.1) is 24.9 Å². The Balaban J connectivity index is 0.000000752. The van der Waals surface area contributed by atoms with Crippen molar-refractivity contribution in [2.75, 3.05) is 133 Å². The molecule has 5 aromatic carbocycles. The number of hydrogen-bond donors (Lipinski definition) is 19. The Labute approximate surface area is 792 Å². The van der Waals surface area contributed by atoms with Gasteiger partial charge >= 0.3 is 30.6 Å². The number of ether oxygens (including phenoxy) is 2. The van der Waals surface area contributed by atoms with Crippen molar-refractivity contribution in [2.45, 2.75) is 141 Å². The van der Waals surface area contributed by atoms with Gasteiger partial charge in [-0.3, -0.25) is 81.0 Å². The summed E-state index contributed by atoms with van der Waals surface area (Å²) in [6.07, 6.45) is 0.277. The molecule has 0 radical (unpaired) electrons. The molecule has 133 heavy (non-hydrogen) atoms. The Kier molecular flexibility index (Phi) is 50.6. The number of unbranched alkanes of at least 4 members (excludes halogenated alkanes) is 1. The van der Waals surface area contributed by atoms with Gasteiger partial charge in [-0.1, -0.05) is 82.1 Å². The van der Waals surface area contributed by atoms with Gasteiger partial charge in [-0.05, 0) is 75.4 Å². The van der Waals surface area contributed by atoms with Gasteiger partial charge in [0, 0.05) is 121 Å². The molecule has 2 saturated heterocycles. The summed E-state index contributed by atoms with van der Waals surface area (Å²) in [5, 5.41) is 51.0. The number of fused-ring (bicyclic) bond motifs is 5. The fraction of sp³-hybridized carbons (Fsp3) is 0.526. The average Bonchev–Trinajstić information content (AvgIpc) is 0.705. The van der Waals surface area contributed by atoms with Crippen LogP contribution in [-0.4, -0.2) is 302 Å². The molecule has 2 aliphatic heterocycles. The number of rotatable bonds is 42. The Bertz CT molecular complexity index is 5200. The van der Waals surface area contributed by atoms with Crippen molar-refractivity contribution in [1.82, 2.24) is 63.8 Å². The summed E-state index contributed by atoms with van der Waals surface area (Å²) in [6.45, 7) is 7.16. The summed E-state index contributed by atoms with van der Waals surface area (Å²) in [5.74, 6) is -11.8. The van der Waals surface area contributed by atoms with Crippen LogP contribution in [0.25, 0.3) is 54.4 Å². The molecule has 55 heteroatoms. The number of amides is 11. The van der Waals surface area contributed by atoms with E-state index in [0.717, 1.165) is 51.5 Å². The number of carboxylic acids is 1. The van der Waals surface area contributed by atoms with E-state index < -0.39 is 183 Å². The van der Waals surface area contributed by atoms with Gasteiger partial charge in [0.15, 0.2) is 11.1 Å². The van der Waals surface area contributed by atoms with E-state index >= 15 is 0 Å². The van der Waals surface area contributed by atoms with Crippen LogP contribution in [0.1, 0.15) is 83.6 Å². The number of carboxylic acid groups (broad SMARTS) is 1. The van der Waals surface area contributed by atoms with Crippen LogP contribution >= 0.6 is 45.6 Å². The van der Waals surface area contributed by atoms with Gasteiger partial charge in [0.25, 0.3) is 30.4 Å². The van der Waals surface area contributed by atoms with E-state index in [1.165, 1.54) is 19.1 Å². The van der Waals surface area contributed by atoms with Crippen LogP contribution in [0.2, 0.25) is 0 Å². The predicted octanol–water partition coefficient (Wildman–Crippen LogP) is -0.0312. The molecule has 7 rings (SSSR count). The van der Waals surface area contributed by atoms with Gasteiger partial charge < -0.3 is 117 Å². The van der Waals surface area contributed by atoms with E-state index in [-0.39, 0.29) is 168 Å². The third-order valence-electron chi connectivity index (χ3n) is 19.2. The van der Waals surface area contributed by atoms with Crippen LogP contribution in [0.15, 0.2) is 86.4 Å². The van der Waals surface area contributed by atoms with Gasteiger partial charge in [0.2, 0.25) is 65.0 Å². The van der Waals surface area contributed by atoms with Crippen molar-refractivity contribution >= 4 is 202 Å². The number of nitrogens with zero attached hydrogens (tertiary/aromatic N) is 3. The maximum atomic E-state index is 14.7. The number of nitrogens with two attached hydrogens (primary N) is 2. The van der Waals surface area contributed by atoms with E-state index in [1.807, 2.05) is 0 Å². The van der Waals surface area contributed by atoms with E-state index in [0.29, 0.717) is 96.6 Å². The van der Waals surface area contributed by atoms with Crippen LogP contribution in [-0.2, 0) is 133 Å². The molecule has 23 N–H and O–H groups in total. The molecule has 2 fully saturated rings. The number of carbonyl (C=O) groups excluding carboxylic acids is 12. The van der Waals surface area contributed by atoms with Crippen LogP contribution in [0.3, 0.4) is 0 Å². The molecule has 2 bridgehead atoms. The van der Waals surface area contributed by atoms with Gasteiger partial charge in [-0.2, -0.15) is 51.4 Å². The quantitative estimate of drug-likeness (QED) is 0.00464. The monoisotopic (exact) mass is 2080 g/mol. The molecular weight excluding hydrogens is 1970 g/mol. The SMILES string of the molecule is CC(=O)NCCOCCOCCNC(=O)CCCC(=O)CC(C[N-]CC[NH-])C[N-]CC[NH-].CCNC(=O)[C@@H]1CSCC(=O)N[C@@H](CCCCNC(=S)Nc2cc(S(=O)(=O)O)c3ccc4c(S(=O)(=O)O)cc(S(=O)(=O)O)c5ccc2c3c54)C(=O)N[C@H]2CSSC[C@H](NC(=O)[C@H](CC(=O)O)NC(=O)CNC(=O)[C@H](CCCN=C(N)N)NC2=O)C(=O)N[C@@H](Cc2ccccc2)C(=O)N1.[O]=[Tc+]=[O]. The minimum atomic E-state index is -5.21. The first-order valence-electron chi connectivity index (χ1n) is 41.3. The topological polar surface area (TPSA) is 754 Å². The number of hydrogen-bond acceptors (Lipinski definition) is 28. The first-order chi connectivity index (χ1) is 63.1. The summed E-state index contributed by atoms with van der Waals surface area (Å²) in [6, 6.07) is 3.85. The van der Waals surface area contributed by atoms with Gasteiger partial charge in [0.05, 0.1) is 45.1 Å². The summed E-state index contributed by atoms with van der Waals surface area (Å²) >= 11 is 4.54. The molecule has 736 valence electrons. The van der Waals surface area contributed by atoms with Crippen molar-refractivity contribution in [2.24, 2.45) is 22.4 Å². The zero-order chi connectivity index (χ0) is 98.4. The number of carbonyl (C=O) groups is 13. The molecule has 2 aliphatic rings. The summed E-state index contributed by atoms with van der Waals surface area (Å²) in [4.78, 5) is 175. The van der Waals surface area contributed by atoms with Crippen molar-refractivity contribution in [3.8, 4) is 0 Å². The van der Waals surface area contributed by atoms with E-state index in [4.69, 9.17) is 51.6 Å². The molecule has 7 atom stereocenters. The average molecular weight is 2080 g/mol. The standard InChI is InChI=1S/C57H70N14O20S7.C21H40N6O5.2O.Tc/c1-2-60-50(77)38-24-93-27-45(73)64-34(11-6-7-17-62-57(92)71-35-20-41(96(83,84)85)30-15-16-32-43(98(89,90)91)22-42(97(86,87)88)31-14-13-29(35)47(30)48(31)32)51(78)69-39-25-94-95-26-40(55(82)67-36(52(79)68-38)19-28-9-4-3-5-10-28)70-53(80)37(21-46(74)75)65-44(72)23-63-49(76)33(66-54(39)81)12-8-18-61-56(58)59;1-18(28)26-9-11-31-13-14-32-12-10-27-21(30)4-2-3-20(29)15-19(16-24-7-5-22)17-25-8-6-23;;;/h3-5,9-10,13-16,20,22,33-34,36-40H,2,6-8,11-12,17-19,21,23-27H2,1H3,(H,60,77)(H,63,76)(H,64,73)(H,65,72)(H,66,81)(H,67,82)(H,68,79)(H,69,78)(H,70,80)(H,74,75)(H4,58,59,61)(H2,62,71,92)(H,83,84,85)(H,86,87,88)(H,89,90,91);19,22-23H,2-17H2,1H3,(H,26,28)(H,27,30);;;/q;-4;;;+1/t33-,34-,36-,37-,38-,39-,40-;;;;/m0..../s1. The van der Waals surface area contributed by atoms with Crippen molar-refractivity contribution in [1.29, 1.82) is 0 Å². The molecule has 0 aromatic heterocycles. The zero-order valence-electron chi connectivity index (χ0n) is 72.3. The third-order valence-corrected chi connectivity index (χ3v) is 25.6. The summed E-state index contributed by atoms with van der Waals surface area (Å²) in [5.41, 5.74) is 25.7. The summed E-state index contributed by atoms with van der Waals surface area (Å²) < 4.78 is 135. The normalized spacial score (nSPS) is 18.3. The fourth-order valence-corrected chi connectivity index (χ4v) is 18.8. The van der Waals surface area contributed by atoms with Crippen molar-refractivity contribution in [3.63, 3.8) is 0 Å². The van der Waals surface area contributed by atoms with Crippen LogP contribution in [0, 0.1) is 5.92 Å². The van der Waals surface area contributed by atoms with Crippen LogP contribution in [0.5, 0.6) is 0 Å². The third kappa shape index (κ3) is 41.1. The van der Waals surface area contributed by atoms with E-state index in [1.54, 1.807) is 37.3 Å². The Hall–Kier alpha value is -9.80. The van der Waals surface area contributed by atoms with Gasteiger partial charge in [0.1, 0.15) is 62.8 Å². The first-order valence-corrected chi connectivity index (χ1v) is 51.2. The second-order valence-corrected chi connectivity index (χ2v) is 38.0. The van der Waals surface area contributed by atoms with Crippen molar-refractivity contribution < 1.29 is 140 Å². The Morgan fingerprint density at radius 1 is 0.602 bits per heavy atom. The molecule has 0 unspecified atom stereocenters. The second-order valence-electron chi connectivity index (χ2n) is 29.5. The number of guanidine groups is 1. The number of thioether (sulfide) groups is 1. The molecule has 0 spiro atoms. The number of benzene rings is 5. The molecular formula is C78H110N20O27S7Tc-3. The van der Waals surface area contributed by atoms with E-state index in [2.05, 4.69) is 84.7 Å². The first kappa shape index (κ1) is 114. The van der Waals surface area contributed by atoms with Gasteiger partial charge in [-0.25, -0.2) is 0 Å². The Morgan fingerprint density at radius 2 is 1.12 bits per heavy atom. The number of anilines is 1. The molecule has 5 aromatic rings. The molecule has 2 heterocycles. The number of Topliss-reactive ketones (excluding diaryl/α,β-unsaturated/α-hetero) is 1. The molecule has 11 amide bonds. The molecule has 47 nitrogen and oxygen atoms in total. The van der Waals surface area contributed by atoms with Crippen LogP contribution < -0.4 is 80.6 Å². The number of aliphatic imine (C=N–C) groups is 1. The Morgan fingerprint density at radius 3 is 1.67 bits per heavy atom. The molecule has 0 saturated carbocycles. The van der Waals surface area contributed by atoms with Crippen molar-refractivity contribution in [3.05, 3.63) is 94.4 Å². The van der Waals surface area contributed by atoms with E-state index in [9.17, 15) is 106 Å².